The molecule has 0 aromatic carbocycles. The molecule has 0 bridgehead atoms. The van der Waals surface area contributed by atoms with Gasteiger partial charge in [-0.05, 0) is 13.8 Å². The largest absolute Gasteiger partial charge is 0.306 e. The van der Waals surface area contributed by atoms with E-state index in [2.05, 4.69) is 10.2 Å². The van der Waals surface area contributed by atoms with Crippen molar-refractivity contribution in [1.29, 1.82) is 0 Å². The summed E-state index contributed by atoms with van der Waals surface area (Å²) in [7, 11) is 0. The van der Waals surface area contributed by atoms with Gasteiger partial charge >= 0.3 is 0 Å². The first-order valence-corrected chi connectivity index (χ1v) is 5.51. The molecule has 0 saturated carbocycles. The molecule has 0 amide bonds. The van der Waals surface area contributed by atoms with E-state index in [0.717, 1.165) is 11.5 Å². The van der Waals surface area contributed by atoms with E-state index in [9.17, 15) is 0 Å². The topological polar surface area (TPSA) is 34.0 Å². The summed E-state index contributed by atoms with van der Waals surface area (Å²) in [5, 5.41) is 8.21. The molecule has 1 spiro atoms. The van der Waals surface area contributed by atoms with Gasteiger partial charge in [0, 0.05) is 11.5 Å². The van der Waals surface area contributed by atoms with Crippen molar-refractivity contribution in [2.45, 2.75) is 24.0 Å². The SMILES string of the molecule is CC1(C)N=NC2(O1)SCCS2. The van der Waals surface area contributed by atoms with Gasteiger partial charge in [-0.2, -0.15) is 5.11 Å². The van der Waals surface area contributed by atoms with Crippen molar-refractivity contribution in [2.24, 2.45) is 10.2 Å². The summed E-state index contributed by atoms with van der Waals surface area (Å²) in [6, 6.07) is 0. The fourth-order valence-electron chi connectivity index (χ4n) is 1.04. The molecule has 0 aromatic heterocycles. The third kappa shape index (κ3) is 1.41. The van der Waals surface area contributed by atoms with Crippen LogP contribution in [0.4, 0.5) is 0 Å². The molecular weight excluding hydrogens is 180 g/mol. The van der Waals surface area contributed by atoms with Crippen LogP contribution in [-0.4, -0.2) is 21.6 Å². The molecule has 1 saturated heterocycles. The lowest BCUT2D eigenvalue weighted by molar-refractivity contribution is -0.00212. The molecule has 2 heterocycles. The Morgan fingerprint density at radius 3 is 2.27 bits per heavy atom. The second-order valence-electron chi connectivity index (χ2n) is 2.97. The monoisotopic (exact) mass is 190 g/mol. The first-order valence-electron chi connectivity index (χ1n) is 3.54. The second kappa shape index (κ2) is 2.37. The zero-order chi connectivity index (χ0) is 7.95. The number of hydrogen-bond acceptors (Lipinski definition) is 5. The third-order valence-corrected chi connectivity index (χ3v) is 4.29. The zero-order valence-corrected chi connectivity index (χ0v) is 8.17. The van der Waals surface area contributed by atoms with Crippen LogP contribution in [0.5, 0.6) is 0 Å². The van der Waals surface area contributed by atoms with Crippen molar-refractivity contribution in [1.82, 2.24) is 0 Å². The Morgan fingerprint density at radius 1 is 1.18 bits per heavy atom. The average molecular weight is 190 g/mol. The lowest BCUT2D eigenvalue weighted by Crippen LogP contribution is -2.25. The summed E-state index contributed by atoms with van der Waals surface area (Å²) in [5.74, 6) is 2.22. The Hall–Kier alpha value is 0.260. The van der Waals surface area contributed by atoms with Gasteiger partial charge in [0.15, 0.2) is 5.72 Å². The van der Waals surface area contributed by atoms with Crippen molar-refractivity contribution >= 4 is 23.5 Å². The van der Waals surface area contributed by atoms with Crippen molar-refractivity contribution in [3.8, 4) is 0 Å². The molecule has 0 aliphatic carbocycles. The van der Waals surface area contributed by atoms with Crippen LogP contribution in [0.3, 0.4) is 0 Å². The minimum atomic E-state index is -0.412. The van der Waals surface area contributed by atoms with Gasteiger partial charge in [0.25, 0.3) is 4.39 Å². The lowest BCUT2D eigenvalue weighted by atomic mass is 10.3. The number of ether oxygens (including phenoxy) is 1. The molecule has 11 heavy (non-hydrogen) atoms. The molecule has 2 rings (SSSR count). The number of azo groups is 1. The van der Waals surface area contributed by atoms with Crippen LogP contribution in [0, 0.1) is 0 Å². The van der Waals surface area contributed by atoms with E-state index in [0.29, 0.717) is 0 Å². The van der Waals surface area contributed by atoms with Crippen molar-refractivity contribution in [2.75, 3.05) is 11.5 Å². The van der Waals surface area contributed by atoms with Crippen LogP contribution >= 0.6 is 23.5 Å². The molecule has 0 radical (unpaired) electrons. The van der Waals surface area contributed by atoms with Crippen LogP contribution in [0.25, 0.3) is 0 Å². The van der Waals surface area contributed by atoms with Gasteiger partial charge in [0.05, 0.1) is 0 Å². The van der Waals surface area contributed by atoms with Crippen LogP contribution < -0.4 is 0 Å². The van der Waals surface area contributed by atoms with Gasteiger partial charge < -0.3 is 4.74 Å². The molecule has 5 heteroatoms. The van der Waals surface area contributed by atoms with Gasteiger partial charge in [-0.25, -0.2) is 0 Å². The first-order chi connectivity index (χ1) is 5.12. The predicted octanol–water partition coefficient (Wildman–Crippen LogP) is 2.30. The highest BCUT2D eigenvalue weighted by molar-refractivity contribution is 8.21. The lowest BCUT2D eigenvalue weighted by Gasteiger charge is -2.20. The van der Waals surface area contributed by atoms with Crippen LogP contribution in [0.1, 0.15) is 13.8 Å². The Labute approximate surface area is 74.4 Å². The summed E-state index contributed by atoms with van der Waals surface area (Å²) in [6.07, 6.45) is 0. The summed E-state index contributed by atoms with van der Waals surface area (Å²) >= 11 is 3.47. The quantitative estimate of drug-likeness (QED) is 0.587. The second-order valence-corrected chi connectivity index (χ2v) is 5.73. The van der Waals surface area contributed by atoms with Gasteiger partial charge in [0.2, 0.25) is 0 Å². The number of thioether (sulfide) groups is 2. The van der Waals surface area contributed by atoms with E-state index in [-0.39, 0.29) is 4.39 Å². The van der Waals surface area contributed by atoms with Crippen LogP contribution in [0.15, 0.2) is 10.2 Å². The molecule has 3 nitrogen and oxygen atoms in total. The molecule has 0 unspecified atom stereocenters. The van der Waals surface area contributed by atoms with Crippen LogP contribution in [-0.2, 0) is 4.74 Å². The Kier molecular flexibility index (Phi) is 1.70. The molecule has 62 valence electrons. The maximum Gasteiger partial charge on any atom is 0.278 e. The van der Waals surface area contributed by atoms with Crippen molar-refractivity contribution in [3.63, 3.8) is 0 Å². The Balaban J connectivity index is 2.15. The van der Waals surface area contributed by atoms with Gasteiger partial charge in [-0.1, -0.05) is 23.5 Å². The normalized spacial score (nSPS) is 31.8. The predicted molar refractivity (Wildman–Crippen MR) is 47.7 cm³/mol. The molecule has 0 atom stereocenters. The van der Waals surface area contributed by atoms with Gasteiger partial charge in [0.1, 0.15) is 0 Å². The summed E-state index contributed by atoms with van der Waals surface area (Å²) < 4.78 is 5.30. The fraction of sp³-hybridized carbons (Fsp3) is 1.00. The van der Waals surface area contributed by atoms with Gasteiger partial charge in [-0.3, -0.25) is 0 Å². The number of hydrogen-bond donors (Lipinski definition) is 0. The smallest absolute Gasteiger partial charge is 0.278 e. The fourth-order valence-corrected chi connectivity index (χ4v) is 3.78. The minimum absolute atomic E-state index is 0.385. The molecule has 0 aromatic rings. The molecule has 2 aliphatic rings. The first kappa shape index (κ1) is 7.89. The number of rotatable bonds is 0. The summed E-state index contributed by atoms with van der Waals surface area (Å²) in [5.41, 5.74) is -0.412. The van der Waals surface area contributed by atoms with E-state index >= 15 is 0 Å². The zero-order valence-electron chi connectivity index (χ0n) is 6.53. The minimum Gasteiger partial charge on any atom is -0.306 e. The molecule has 2 aliphatic heterocycles. The van der Waals surface area contributed by atoms with E-state index in [1.54, 1.807) is 23.5 Å². The standard InChI is InChI=1S/C6H10N2OS2/c1-5(2)7-8-6(9-5)10-3-4-11-6/h3-4H2,1-2H3. The van der Waals surface area contributed by atoms with E-state index in [1.165, 1.54) is 0 Å². The van der Waals surface area contributed by atoms with E-state index < -0.39 is 5.72 Å². The number of nitrogens with zero attached hydrogens (tertiary/aromatic N) is 2. The summed E-state index contributed by atoms with van der Waals surface area (Å²) in [4.78, 5) is 0. The highest BCUT2D eigenvalue weighted by Gasteiger charge is 2.46. The maximum absolute atomic E-state index is 5.69. The highest BCUT2D eigenvalue weighted by atomic mass is 32.2. The van der Waals surface area contributed by atoms with Crippen molar-refractivity contribution < 1.29 is 4.74 Å². The Morgan fingerprint density at radius 2 is 1.82 bits per heavy atom. The van der Waals surface area contributed by atoms with E-state index in [1.807, 2.05) is 13.8 Å². The molecule has 0 N–H and O–H groups in total. The van der Waals surface area contributed by atoms with Gasteiger partial charge in [-0.15, -0.1) is 5.11 Å². The molecular formula is C6H10N2OS2. The van der Waals surface area contributed by atoms with Crippen molar-refractivity contribution in [3.05, 3.63) is 0 Å². The highest BCUT2D eigenvalue weighted by Crippen LogP contribution is 2.51. The van der Waals surface area contributed by atoms with E-state index in [4.69, 9.17) is 4.74 Å². The molecule has 1 fully saturated rings. The van der Waals surface area contributed by atoms with Crippen LogP contribution in [0.2, 0.25) is 0 Å². The maximum atomic E-state index is 5.69. The summed E-state index contributed by atoms with van der Waals surface area (Å²) in [6.45, 7) is 3.87. The average Bonchev–Trinajstić information content (AvgIpc) is 2.43. The Bertz CT molecular complexity index is 199. The third-order valence-electron chi connectivity index (χ3n) is 1.44.